The maximum absolute atomic E-state index is 4.69. The van der Waals surface area contributed by atoms with Crippen LogP contribution < -0.4 is 5.32 Å². The quantitative estimate of drug-likeness (QED) is 0.907. The zero-order valence-corrected chi connectivity index (χ0v) is 11.7. The highest BCUT2D eigenvalue weighted by Gasteiger charge is 2.15. The summed E-state index contributed by atoms with van der Waals surface area (Å²) in [5.74, 6) is 0. The summed E-state index contributed by atoms with van der Waals surface area (Å²) in [6.45, 7) is 1.53. The van der Waals surface area contributed by atoms with Crippen LogP contribution in [0.2, 0.25) is 0 Å². The normalized spacial score (nSPS) is 16.4. The van der Waals surface area contributed by atoms with E-state index >= 15 is 0 Å². The molecule has 2 aromatic heterocycles. The molecule has 2 heterocycles. The van der Waals surface area contributed by atoms with E-state index in [0.717, 1.165) is 24.5 Å². The minimum Gasteiger partial charge on any atom is -0.305 e. The summed E-state index contributed by atoms with van der Waals surface area (Å²) < 4.78 is 2.15. The van der Waals surface area contributed by atoms with E-state index < -0.39 is 0 Å². The van der Waals surface area contributed by atoms with Gasteiger partial charge in [-0.15, -0.1) is 0 Å². The molecule has 5 heteroatoms. The van der Waals surface area contributed by atoms with Crippen molar-refractivity contribution < 1.29 is 0 Å². The molecular formula is C15H21N5. The van der Waals surface area contributed by atoms with E-state index in [-0.39, 0.29) is 0 Å². The fourth-order valence-electron chi connectivity index (χ4n) is 2.76. The number of hydrogen-bond acceptors (Lipinski definition) is 4. The van der Waals surface area contributed by atoms with Crippen molar-refractivity contribution in [3.05, 3.63) is 42.2 Å². The highest BCUT2D eigenvalue weighted by Crippen LogP contribution is 2.27. The lowest BCUT2D eigenvalue weighted by atomic mass is 9.96. The Morgan fingerprint density at radius 2 is 1.95 bits per heavy atom. The van der Waals surface area contributed by atoms with Crippen molar-refractivity contribution in [2.45, 2.75) is 51.2 Å². The monoisotopic (exact) mass is 271 g/mol. The van der Waals surface area contributed by atoms with Crippen LogP contribution in [-0.2, 0) is 13.1 Å². The van der Waals surface area contributed by atoms with E-state index in [1.807, 2.05) is 6.07 Å². The first-order chi connectivity index (χ1) is 9.92. The lowest BCUT2D eigenvalue weighted by Gasteiger charge is -2.21. The van der Waals surface area contributed by atoms with Crippen LogP contribution in [0.4, 0.5) is 0 Å². The van der Waals surface area contributed by atoms with Gasteiger partial charge in [0.15, 0.2) is 0 Å². The van der Waals surface area contributed by atoms with Gasteiger partial charge in [0, 0.05) is 25.5 Å². The first kappa shape index (κ1) is 13.2. The molecule has 3 rings (SSSR count). The fraction of sp³-hybridized carbons (Fsp3) is 0.533. The van der Waals surface area contributed by atoms with Crippen LogP contribution in [0.5, 0.6) is 0 Å². The SMILES string of the molecule is c1cc(CNCc2ccn(C3CCCCC3)n2)ncn1. The highest BCUT2D eigenvalue weighted by atomic mass is 15.3. The molecule has 0 radical (unpaired) electrons. The molecule has 0 bridgehead atoms. The fourth-order valence-corrected chi connectivity index (χ4v) is 2.76. The van der Waals surface area contributed by atoms with Crippen molar-refractivity contribution in [3.8, 4) is 0 Å². The molecule has 1 saturated carbocycles. The van der Waals surface area contributed by atoms with Gasteiger partial charge in [0.2, 0.25) is 0 Å². The van der Waals surface area contributed by atoms with Gasteiger partial charge in [0.05, 0.1) is 17.4 Å². The Kier molecular flexibility index (Phi) is 4.38. The Morgan fingerprint density at radius 3 is 2.75 bits per heavy atom. The van der Waals surface area contributed by atoms with E-state index in [1.165, 1.54) is 32.1 Å². The van der Waals surface area contributed by atoms with Gasteiger partial charge in [0.25, 0.3) is 0 Å². The summed E-state index contributed by atoms with van der Waals surface area (Å²) >= 11 is 0. The number of nitrogens with one attached hydrogen (secondary N) is 1. The second-order valence-electron chi connectivity index (χ2n) is 5.38. The topological polar surface area (TPSA) is 55.6 Å². The number of rotatable bonds is 5. The van der Waals surface area contributed by atoms with Gasteiger partial charge < -0.3 is 5.32 Å². The van der Waals surface area contributed by atoms with Crippen molar-refractivity contribution in [2.75, 3.05) is 0 Å². The van der Waals surface area contributed by atoms with Gasteiger partial charge >= 0.3 is 0 Å². The second kappa shape index (κ2) is 6.61. The molecular weight excluding hydrogens is 250 g/mol. The lowest BCUT2D eigenvalue weighted by Crippen LogP contribution is -2.16. The van der Waals surface area contributed by atoms with Gasteiger partial charge in [-0.1, -0.05) is 19.3 Å². The smallest absolute Gasteiger partial charge is 0.115 e. The average Bonchev–Trinajstić information content (AvgIpc) is 2.98. The lowest BCUT2D eigenvalue weighted by molar-refractivity contribution is 0.327. The van der Waals surface area contributed by atoms with Crippen LogP contribution in [-0.4, -0.2) is 19.7 Å². The summed E-state index contributed by atoms with van der Waals surface area (Å²) in [7, 11) is 0. The molecule has 1 fully saturated rings. The van der Waals surface area contributed by atoms with Gasteiger partial charge in [-0.2, -0.15) is 5.10 Å². The molecule has 5 nitrogen and oxygen atoms in total. The molecule has 0 aromatic carbocycles. The van der Waals surface area contributed by atoms with Crippen LogP contribution in [0.15, 0.2) is 30.9 Å². The van der Waals surface area contributed by atoms with Crippen molar-refractivity contribution in [2.24, 2.45) is 0 Å². The van der Waals surface area contributed by atoms with E-state index in [0.29, 0.717) is 6.04 Å². The first-order valence-corrected chi connectivity index (χ1v) is 7.41. The number of hydrogen-bond donors (Lipinski definition) is 1. The molecule has 20 heavy (non-hydrogen) atoms. The second-order valence-corrected chi connectivity index (χ2v) is 5.38. The molecule has 1 aliphatic carbocycles. The molecule has 0 atom stereocenters. The number of aromatic nitrogens is 4. The summed E-state index contributed by atoms with van der Waals surface area (Å²) in [5, 5.41) is 8.05. The zero-order valence-electron chi connectivity index (χ0n) is 11.7. The van der Waals surface area contributed by atoms with Crippen molar-refractivity contribution >= 4 is 0 Å². The molecule has 0 amide bonds. The van der Waals surface area contributed by atoms with Crippen LogP contribution in [0.3, 0.4) is 0 Å². The first-order valence-electron chi connectivity index (χ1n) is 7.41. The largest absolute Gasteiger partial charge is 0.305 e. The Balaban J connectivity index is 1.50. The summed E-state index contributed by atoms with van der Waals surface area (Å²) in [4.78, 5) is 8.10. The third-order valence-electron chi connectivity index (χ3n) is 3.87. The third kappa shape index (κ3) is 3.42. The molecule has 1 aliphatic rings. The Bertz CT molecular complexity index is 516. The average molecular weight is 271 g/mol. The molecule has 106 valence electrons. The van der Waals surface area contributed by atoms with E-state index in [1.54, 1.807) is 12.5 Å². The predicted octanol–water partition coefficient (Wildman–Crippen LogP) is 2.47. The Morgan fingerprint density at radius 1 is 1.10 bits per heavy atom. The van der Waals surface area contributed by atoms with E-state index in [4.69, 9.17) is 0 Å². The third-order valence-corrected chi connectivity index (χ3v) is 3.87. The molecule has 0 unspecified atom stereocenters. The summed E-state index contributed by atoms with van der Waals surface area (Å²) in [6.07, 6.45) is 12.1. The maximum Gasteiger partial charge on any atom is 0.115 e. The van der Waals surface area contributed by atoms with Crippen molar-refractivity contribution in [1.29, 1.82) is 0 Å². The minimum absolute atomic E-state index is 0.611. The summed E-state index contributed by atoms with van der Waals surface area (Å²) in [6, 6.07) is 4.65. The van der Waals surface area contributed by atoms with E-state index in [9.17, 15) is 0 Å². The molecule has 0 saturated heterocycles. The summed E-state index contributed by atoms with van der Waals surface area (Å²) in [5.41, 5.74) is 2.11. The van der Waals surface area contributed by atoms with Gasteiger partial charge in [-0.05, 0) is 25.0 Å². The molecule has 2 aromatic rings. The molecule has 0 aliphatic heterocycles. The van der Waals surface area contributed by atoms with Crippen LogP contribution >= 0.6 is 0 Å². The van der Waals surface area contributed by atoms with E-state index in [2.05, 4.69) is 37.3 Å². The van der Waals surface area contributed by atoms with Crippen molar-refractivity contribution in [1.82, 2.24) is 25.1 Å². The van der Waals surface area contributed by atoms with Crippen LogP contribution in [0, 0.1) is 0 Å². The maximum atomic E-state index is 4.69. The van der Waals surface area contributed by atoms with Gasteiger partial charge in [0.1, 0.15) is 6.33 Å². The van der Waals surface area contributed by atoms with Gasteiger partial charge in [-0.3, -0.25) is 4.68 Å². The molecule has 0 spiro atoms. The predicted molar refractivity (Wildman–Crippen MR) is 76.9 cm³/mol. The Hall–Kier alpha value is -1.75. The highest BCUT2D eigenvalue weighted by molar-refractivity contribution is 5.01. The standard InChI is InChI=1S/C15H21N5/c1-2-4-15(5-3-1)20-9-7-14(19-20)11-17-10-13-6-8-16-12-18-13/h6-9,12,15,17H,1-5,10-11H2. The minimum atomic E-state index is 0.611. The van der Waals surface area contributed by atoms with Gasteiger partial charge in [-0.25, -0.2) is 9.97 Å². The number of nitrogens with zero attached hydrogens (tertiary/aromatic N) is 4. The van der Waals surface area contributed by atoms with Crippen LogP contribution in [0.25, 0.3) is 0 Å². The Labute approximate surface area is 119 Å². The van der Waals surface area contributed by atoms with Crippen molar-refractivity contribution in [3.63, 3.8) is 0 Å². The molecule has 1 N–H and O–H groups in total. The van der Waals surface area contributed by atoms with Crippen LogP contribution in [0.1, 0.15) is 49.5 Å². The zero-order chi connectivity index (χ0) is 13.6.